The lowest BCUT2D eigenvalue weighted by atomic mass is 10.1. The maximum absolute atomic E-state index is 11.0. The summed E-state index contributed by atoms with van der Waals surface area (Å²) < 4.78 is 0. The van der Waals surface area contributed by atoms with Crippen molar-refractivity contribution in [3.63, 3.8) is 0 Å². The molecule has 0 spiro atoms. The van der Waals surface area contributed by atoms with Gasteiger partial charge in [0, 0.05) is 12.9 Å². The lowest BCUT2D eigenvalue weighted by Crippen LogP contribution is -2.42. The van der Waals surface area contributed by atoms with Crippen LogP contribution < -0.4 is 5.32 Å². The third-order valence-corrected chi connectivity index (χ3v) is 1.02. The van der Waals surface area contributed by atoms with Crippen LogP contribution in [-0.4, -0.2) is 11.4 Å². The molecule has 0 aromatic rings. The molecule has 10 heavy (non-hydrogen) atoms. The number of hydrogen-bond donors (Lipinski definition) is 1. The lowest BCUT2D eigenvalue weighted by Gasteiger charge is -2.21. The van der Waals surface area contributed by atoms with Gasteiger partial charge in [-0.3, -0.25) is 4.79 Å². The zero-order chi connectivity index (χ0) is 8.36. The molecule has 0 fully saturated rings. The maximum Gasteiger partial charge on any atom is 0.222 e. The molecule has 0 aromatic heterocycles. The summed E-state index contributed by atoms with van der Waals surface area (Å²) in [6.45, 7) is 9.72. The van der Waals surface area contributed by atoms with Gasteiger partial charge in [0.2, 0.25) is 5.91 Å². The minimum Gasteiger partial charge on any atom is -0.351 e. The van der Waals surface area contributed by atoms with Gasteiger partial charge in [0.05, 0.1) is 0 Å². The van der Waals surface area contributed by atoms with E-state index >= 15 is 0 Å². The molecule has 0 saturated carbocycles. The molecule has 0 saturated heterocycles. The Morgan fingerprint density at radius 1 is 1.40 bits per heavy atom. The molecule has 0 heterocycles. The summed E-state index contributed by atoms with van der Waals surface area (Å²) in [5, 5.41) is 2.88. The van der Waals surface area contributed by atoms with Crippen molar-refractivity contribution in [2.45, 2.75) is 40.2 Å². The molecule has 62 valence electrons. The van der Waals surface area contributed by atoms with Crippen LogP contribution in [0.1, 0.15) is 36.0 Å². The average molecular weight is 145 g/mol. The molecule has 0 unspecified atom stereocenters. The first-order valence-electron chi connectivity index (χ1n) is 3.65. The Kier molecular flexibility index (Phi) is 2.88. The van der Waals surface area contributed by atoms with Crippen LogP contribution in [0.25, 0.3) is 0 Å². The van der Waals surface area contributed by atoms with Gasteiger partial charge in [-0.05, 0) is 20.8 Å². The van der Waals surface area contributed by atoms with Crippen LogP contribution in [0.5, 0.6) is 0 Å². The fourth-order valence-corrected chi connectivity index (χ4v) is 0.514. The second-order valence-corrected chi connectivity index (χ2v) is 3.89. The normalized spacial score (nSPS) is 11.8. The third-order valence-electron chi connectivity index (χ3n) is 1.02. The van der Waals surface area contributed by atoms with E-state index < -0.39 is 0 Å². The first-order chi connectivity index (χ1) is 4.33. The Labute approximate surface area is 64.5 Å². The summed E-state index contributed by atoms with van der Waals surface area (Å²) in [4.78, 5) is 11.0. The van der Waals surface area contributed by atoms with Crippen molar-refractivity contribution < 1.29 is 6.22 Å². The van der Waals surface area contributed by atoms with E-state index in [9.17, 15) is 4.79 Å². The monoisotopic (exact) mass is 145 g/mol. The minimum atomic E-state index is -0.0959. The SMILES string of the molecule is CC(C)C(=O)NC(C)(C)C.[HH]. The number of rotatable bonds is 1. The quantitative estimate of drug-likeness (QED) is 0.599. The molecule has 0 aliphatic rings. The van der Waals surface area contributed by atoms with E-state index in [-0.39, 0.29) is 18.8 Å². The summed E-state index contributed by atoms with van der Waals surface area (Å²) in [5.74, 6) is 0.201. The minimum absolute atomic E-state index is 0. The topological polar surface area (TPSA) is 29.1 Å². The van der Waals surface area contributed by atoms with Gasteiger partial charge in [0.1, 0.15) is 0 Å². The number of hydrogen-bond acceptors (Lipinski definition) is 1. The first-order valence-corrected chi connectivity index (χ1v) is 3.65. The first kappa shape index (κ1) is 9.47. The molecule has 0 atom stereocenters. The van der Waals surface area contributed by atoms with Crippen molar-refractivity contribution >= 4 is 5.91 Å². The van der Waals surface area contributed by atoms with E-state index in [1.165, 1.54) is 0 Å². The number of carbonyl (C=O) groups excluding carboxylic acids is 1. The second-order valence-electron chi connectivity index (χ2n) is 3.89. The Morgan fingerprint density at radius 3 is 1.90 bits per heavy atom. The standard InChI is InChI=1S/C8H17NO.H2/c1-6(2)7(10)9-8(3,4)5;/h6H,1-5H3,(H,9,10);1H. The Hall–Kier alpha value is -0.530. The molecule has 2 heteroatoms. The van der Waals surface area contributed by atoms with Crippen LogP contribution in [0.3, 0.4) is 0 Å². The van der Waals surface area contributed by atoms with Crippen molar-refractivity contribution in [3.05, 3.63) is 0 Å². The van der Waals surface area contributed by atoms with Crippen molar-refractivity contribution in [1.82, 2.24) is 5.32 Å². The smallest absolute Gasteiger partial charge is 0.222 e. The van der Waals surface area contributed by atoms with Gasteiger partial charge in [-0.25, -0.2) is 0 Å². The van der Waals surface area contributed by atoms with Gasteiger partial charge in [-0.15, -0.1) is 0 Å². The van der Waals surface area contributed by atoms with Crippen LogP contribution in [0.2, 0.25) is 0 Å². The van der Waals surface area contributed by atoms with E-state index in [0.717, 1.165) is 0 Å². The molecule has 0 rings (SSSR count). The average Bonchev–Trinajstić information content (AvgIpc) is 1.60. The highest BCUT2D eigenvalue weighted by Gasteiger charge is 2.15. The molecule has 1 N–H and O–H groups in total. The zero-order valence-corrected chi connectivity index (χ0v) is 7.49. The van der Waals surface area contributed by atoms with Gasteiger partial charge < -0.3 is 5.32 Å². The van der Waals surface area contributed by atoms with E-state index in [1.807, 2.05) is 34.6 Å². The van der Waals surface area contributed by atoms with Gasteiger partial charge in [0.15, 0.2) is 0 Å². The largest absolute Gasteiger partial charge is 0.351 e. The molecule has 0 aromatic carbocycles. The van der Waals surface area contributed by atoms with Crippen LogP contribution in [-0.2, 0) is 4.79 Å². The van der Waals surface area contributed by atoms with Crippen molar-refractivity contribution in [2.24, 2.45) is 5.92 Å². The van der Waals surface area contributed by atoms with Crippen LogP contribution in [0.15, 0.2) is 0 Å². The van der Waals surface area contributed by atoms with E-state index in [2.05, 4.69) is 5.32 Å². The van der Waals surface area contributed by atoms with E-state index in [4.69, 9.17) is 0 Å². The number of amides is 1. The summed E-state index contributed by atoms with van der Waals surface area (Å²) in [7, 11) is 0. The van der Waals surface area contributed by atoms with Crippen molar-refractivity contribution in [1.29, 1.82) is 0 Å². The van der Waals surface area contributed by atoms with Crippen molar-refractivity contribution in [2.75, 3.05) is 0 Å². The highest BCUT2D eigenvalue weighted by atomic mass is 16.1. The fraction of sp³-hybridized carbons (Fsp3) is 0.875. The predicted molar refractivity (Wildman–Crippen MR) is 44.8 cm³/mol. The third kappa shape index (κ3) is 4.36. The molecular formula is C8H19NO. The highest BCUT2D eigenvalue weighted by Crippen LogP contribution is 2.01. The molecule has 2 nitrogen and oxygen atoms in total. The van der Waals surface area contributed by atoms with Gasteiger partial charge >= 0.3 is 0 Å². The molecule has 0 bridgehead atoms. The molecule has 0 aliphatic heterocycles. The molecular weight excluding hydrogens is 126 g/mol. The highest BCUT2D eigenvalue weighted by molar-refractivity contribution is 5.78. The van der Waals surface area contributed by atoms with Gasteiger partial charge in [-0.1, -0.05) is 13.8 Å². The summed E-state index contributed by atoms with van der Waals surface area (Å²) >= 11 is 0. The number of carbonyl (C=O) groups is 1. The summed E-state index contributed by atoms with van der Waals surface area (Å²) in [5.41, 5.74) is -0.0959. The molecule has 0 aliphatic carbocycles. The maximum atomic E-state index is 11.0. The second kappa shape index (κ2) is 3.04. The predicted octanol–water partition coefficient (Wildman–Crippen LogP) is 1.80. The summed E-state index contributed by atoms with van der Waals surface area (Å²) in [6.07, 6.45) is 0. The van der Waals surface area contributed by atoms with Gasteiger partial charge in [0.25, 0.3) is 0 Å². The Morgan fingerprint density at radius 2 is 1.80 bits per heavy atom. The summed E-state index contributed by atoms with van der Waals surface area (Å²) in [6, 6.07) is 0. The van der Waals surface area contributed by atoms with Crippen LogP contribution >= 0.6 is 0 Å². The Balaban J connectivity index is 0. The van der Waals surface area contributed by atoms with Crippen molar-refractivity contribution in [3.8, 4) is 0 Å². The van der Waals surface area contributed by atoms with E-state index in [1.54, 1.807) is 0 Å². The number of nitrogens with one attached hydrogen (secondary N) is 1. The fourth-order valence-electron chi connectivity index (χ4n) is 0.514. The molecule has 1 amide bonds. The van der Waals surface area contributed by atoms with E-state index in [0.29, 0.717) is 0 Å². The van der Waals surface area contributed by atoms with Crippen LogP contribution in [0, 0.1) is 5.92 Å². The van der Waals surface area contributed by atoms with Gasteiger partial charge in [-0.2, -0.15) is 0 Å². The van der Waals surface area contributed by atoms with Crippen LogP contribution in [0.4, 0.5) is 0 Å². The Bertz CT molecular complexity index is 127. The lowest BCUT2D eigenvalue weighted by molar-refractivity contribution is -0.125. The molecule has 0 radical (unpaired) electrons. The zero-order valence-electron chi connectivity index (χ0n) is 7.49.